The maximum absolute atomic E-state index is 7.45. The molecule has 0 saturated heterocycles. The summed E-state index contributed by atoms with van der Waals surface area (Å²) in [5.41, 5.74) is 14.1. The number of nitrogens with zero attached hydrogens (tertiary/aromatic N) is 2. The molecule has 0 atom stereocenters. The van der Waals surface area contributed by atoms with Crippen molar-refractivity contribution in [2.45, 2.75) is 0 Å². The summed E-state index contributed by atoms with van der Waals surface area (Å²) < 4.78 is 0. The van der Waals surface area contributed by atoms with Gasteiger partial charge in [-0.15, -0.1) is 0 Å². The summed E-state index contributed by atoms with van der Waals surface area (Å²) in [4.78, 5) is 34.6. The van der Waals surface area contributed by atoms with Gasteiger partial charge in [-0.1, -0.05) is 0 Å². The summed E-state index contributed by atoms with van der Waals surface area (Å²) >= 11 is 0. The van der Waals surface area contributed by atoms with E-state index in [2.05, 4.69) is 56.9 Å². The van der Waals surface area contributed by atoms with Gasteiger partial charge in [0.05, 0.1) is 33.8 Å². The van der Waals surface area contributed by atoms with E-state index in [0.29, 0.717) is 0 Å². The summed E-state index contributed by atoms with van der Waals surface area (Å²) in [6.45, 7) is 0. The number of aromatic nitrogens is 5. The molecule has 0 saturated carbocycles. The Morgan fingerprint density at radius 2 is 0.848 bits per heavy atom. The van der Waals surface area contributed by atoms with E-state index in [1.54, 1.807) is 0 Å². The number of fused-ring (bicyclic) bond motifs is 11. The molecule has 0 aromatic carbocycles. The van der Waals surface area contributed by atoms with Crippen molar-refractivity contribution in [2.24, 2.45) is 5.50 Å². The summed E-state index contributed by atoms with van der Waals surface area (Å²) in [5.74, 6) is 0. The molecule has 0 radical (unpaired) electrons. The number of aromatic amines is 3. The Hall–Kier alpha value is -3.81. The lowest BCUT2D eigenvalue weighted by atomic mass is 10.3. The molecule has 6 heterocycles. The third kappa shape index (κ3) is 5.16. The molecule has 0 fully saturated rings. The molecular weight excluding hydrogens is 435 g/mol. The Balaban J connectivity index is 0.000000531. The fourth-order valence-corrected chi connectivity index (χ4v) is 3.65. The van der Waals surface area contributed by atoms with E-state index in [0.717, 1.165) is 55.9 Å². The Labute approximate surface area is 189 Å². The van der Waals surface area contributed by atoms with Gasteiger partial charge in [-0.3, -0.25) is 5.50 Å². The van der Waals surface area contributed by atoms with Gasteiger partial charge in [0, 0.05) is 22.1 Å². The SMILES string of the molecule is C1=Cc2cc3ccc([nH]3)c3ccc(cc4nc(cc5ccc(cc1n2)[nH]5)C=C4)[nH]3.NP(O)O. The number of hydrogen-bond donors (Lipinski definition) is 6. The van der Waals surface area contributed by atoms with Crippen molar-refractivity contribution in [3.8, 4) is 0 Å². The van der Waals surface area contributed by atoms with Gasteiger partial charge in [0.25, 0.3) is 0 Å². The molecule has 0 unspecified atom stereocenters. The highest BCUT2D eigenvalue weighted by molar-refractivity contribution is 7.42. The van der Waals surface area contributed by atoms with Crippen LogP contribution in [0.3, 0.4) is 0 Å². The van der Waals surface area contributed by atoms with E-state index < -0.39 is 8.53 Å². The number of nitrogens with two attached hydrogens (primary N) is 1. The number of hydrogen-bond acceptors (Lipinski definition) is 5. The van der Waals surface area contributed by atoms with Gasteiger partial charge >= 0.3 is 0 Å². The molecule has 0 spiro atoms. The lowest BCUT2D eigenvalue weighted by molar-refractivity contribution is 0.485. The van der Waals surface area contributed by atoms with Gasteiger partial charge < -0.3 is 24.7 Å². The van der Waals surface area contributed by atoms with E-state index in [9.17, 15) is 0 Å². The lowest BCUT2D eigenvalue weighted by Gasteiger charge is -1.85. The first-order valence-electron chi connectivity index (χ1n) is 10.2. The molecule has 8 nitrogen and oxygen atoms in total. The summed E-state index contributed by atoms with van der Waals surface area (Å²) in [6.07, 6.45) is 8.10. The number of nitrogens with one attached hydrogen (secondary N) is 3. The van der Waals surface area contributed by atoms with E-state index in [-0.39, 0.29) is 0 Å². The zero-order valence-electron chi connectivity index (χ0n) is 17.4. The van der Waals surface area contributed by atoms with Gasteiger partial charge in [0.1, 0.15) is 0 Å². The fourth-order valence-electron chi connectivity index (χ4n) is 3.65. The third-order valence-electron chi connectivity index (χ3n) is 5.02. The van der Waals surface area contributed by atoms with Crippen LogP contribution in [-0.4, -0.2) is 34.7 Å². The van der Waals surface area contributed by atoms with Crippen molar-refractivity contribution in [3.05, 3.63) is 83.4 Å². The van der Waals surface area contributed by atoms with E-state index in [4.69, 9.17) is 19.8 Å². The van der Waals surface area contributed by atoms with Crippen molar-refractivity contribution in [1.82, 2.24) is 24.9 Å². The van der Waals surface area contributed by atoms with Crippen LogP contribution in [0.4, 0.5) is 0 Å². The molecule has 9 heteroatoms. The van der Waals surface area contributed by atoms with E-state index in [1.165, 1.54) is 0 Å². The van der Waals surface area contributed by atoms with Gasteiger partial charge in [-0.25, -0.2) is 9.97 Å². The Morgan fingerprint density at radius 3 is 1.21 bits per heavy atom. The molecule has 6 rings (SSSR count). The van der Waals surface area contributed by atoms with Crippen molar-refractivity contribution in [1.29, 1.82) is 0 Å². The molecule has 4 aromatic heterocycles. The smallest absolute Gasteiger partial charge is 0.247 e. The van der Waals surface area contributed by atoms with Crippen LogP contribution in [0.25, 0.3) is 57.4 Å². The van der Waals surface area contributed by atoms with Gasteiger partial charge in [0.2, 0.25) is 8.53 Å². The van der Waals surface area contributed by atoms with Crippen LogP contribution >= 0.6 is 8.53 Å². The monoisotopic (exact) mass is 456 g/mol. The molecule has 2 aliphatic heterocycles. The van der Waals surface area contributed by atoms with Crippen LogP contribution < -0.4 is 5.50 Å². The van der Waals surface area contributed by atoms with Gasteiger partial charge in [-0.05, 0) is 85.0 Å². The Morgan fingerprint density at radius 1 is 0.545 bits per heavy atom. The summed E-state index contributed by atoms with van der Waals surface area (Å²) in [5, 5.41) is 0. The minimum absolute atomic E-state index is 0.923. The second-order valence-corrected chi connectivity index (χ2v) is 8.15. The first-order chi connectivity index (χ1) is 16.0. The predicted octanol–water partition coefficient (Wildman–Crippen LogP) is 4.86. The predicted molar refractivity (Wildman–Crippen MR) is 135 cm³/mol. The fraction of sp³-hybridized carbons (Fsp3) is 0. The van der Waals surface area contributed by atoms with Crippen molar-refractivity contribution < 1.29 is 9.79 Å². The highest BCUT2D eigenvalue weighted by Crippen LogP contribution is 2.18. The molecule has 0 amide bonds. The van der Waals surface area contributed by atoms with Crippen LogP contribution in [-0.2, 0) is 0 Å². The average Bonchev–Trinajstić information content (AvgIpc) is 3.56. The molecular formula is C24H21N6O2P. The second-order valence-electron chi connectivity index (χ2n) is 7.51. The highest BCUT2D eigenvalue weighted by atomic mass is 31.2. The standard InChI is InChI=1S/C24H17N5.H4NO2P/c1-2-16-12-18-4-6-20(27-18)14-22-8-10-24(29-22)23-9-7-21(28-23)13-19-5-3-17(26-19)11-15(1)25-16;1-4(2)3/h1-14,25,28-29H;2-3H,1H2. The minimum atomic E-state index is -2.12. The average molecular weight is 456 g/mol. The van der Waals surface area contributed by atoms with Crippen molar-refractivity contribution in [2.75, 3.05) is 0 Å². The molecule has 4 aromatic rings. The van der Waals surface area contributed by atoms with Crippen LogP contribution in [0.2, 0.25) is 0 Å². The molecule has 10 bridgehead atoms. The number of H-pyrrole nitrogens is 3. The third-order valence-corrected chi connectivity index (χ3v) is 5.02. The minimum Gasteiger partial charge on any atom is -0.355 e. The Bertz CT molecular complexity index is 1460. The van der Waals surface area contributed by atoms with Crippen LogP contribution in [0.5, 0.6) is 0 Å². The molecule has 164 valence electrons. The van der Waals surface area contributed by atoms with Gasteiger partial charge in [-0.2, -0.15) is 0 Å². The second kappa shape index (κ2) is 8.97. The van der Waals surface area contributed by atoms with Crippen LogP contribution in [0.15, 0.2) is 60.7 Å². The maximum atomic E-state index is 7.45. The quantitative estimate of drug-likeness (QED) is 0.181. The normalized spacial score (nSPS) is 12.1. The van der Waals surface area contributed by atoms with Crippen LogP contribution in [0.1, 0.15) is 22.8 Å². The van der Waals surface area contributed by atoms with Crippen molar-refractivity contribution >= 4 is 65.9 Å². The summed E-state index contributed by atoms with van der Waals surface area (Å²) in [6, 6.07) is 20.6. The topological polar surface area (TPSA) is 140 Å². The number of rotatable bonds is 0. The van der Waals surface area contributed by atoms with Crippen molar-refractivity contribution in [3.63, 3.8) is 0 Å². The summed E-state index contributed by atoms with van der Waals surface area (Å²) in [7, 11) is -2.12. The van der Waals surface area contributed by atoms with Crippen LogP contribution in [0, 0.1) is 0 Å². The lowest BCUT2D eigenvalue weighted by Crippen LogP contribution is -1.78. The van der Waals surface area contributed by atoms with Gasteiger partial charge in [0.15, 0.2) is 0 Å². The zero-order valence-corrected chi connectivity index (χ0v) is 18.3. The highest BCUT2D eigenvalue weighted by Gasteiger charge is 2.01. The molecule has 0 aliphatic carbocycles. The first kappa shape index (κ1) is 21.1. The zero-order chi connectivity index (χ0) is 22.8. The Kier molecular flexibility index (Phi) is 5.73. The first-order valence-corrected chi connectivity index (χ1v) is 11.5. The molecule has 33 heavy (non-hydrogen) atoms. The largest absolute Gasteiger partial charge is 0.355 e. The maximum Gasteiger partial charge on any atom is 0.247 e. The van der Waals surface area contributed by atoms with E-state index >= 15 is 0 Å². The molecule has 2 aliphatic rings. The van der Waals surface area contributed by atoms with E-state index in [1.807, 2.05) is 48.6 Å². The molecule has 7 N–H and O–H groups in total.